The summed E-state index contributed by atoms with van der Waals surface area (Å²) in [5.74, 6) is 0.752. The van der Waals surface area contributed by atoms with E-state index in [9.17, 15) is 0 Å². The number of tetrazole rings is 1. The van der Waals surface area contributed by atoms with Crippen molar-refractivity contribution in [2.45, 2.75) is 0 Å². The molecule has 0 atom stereocenters. The Bertz CT molecular complexity index is 679. The van der Waals surface area contributed by atoms with Crippen LogP contribution in [0.25, 0.3) is 5.57 Å². The number of nitrogens with one attached hydrogen (secondary N) is 2. The minimum absolute atomic E-state index is 0.204. The van der Waals surface area contributed by atoms with E-state index in [0.717, 1.165) is 4.47 Å². The third kappa shape index (κ3) is 3.07. The van der Waals surface area contributed by atoms with Crippen molar-refractivity contribution in [2.75, 3.05) is 12.4 Å². The molecule has 102 valence electrons. The number of methoxy groups -OCH3 is 1. The number of anilines is 1. The van der Waals surface area contributed by atoms with Crippen LogP contribution in [-0.2, 0) is 0 Å². The van der Waals surface area contributed by atoms with E-state index >= 15 is 0 Å². The molecule has 0 saturated heterocycles. The van der Waals surface area contributed by atoms with Gasteiger partial charge in [0.15, 0.2) is 0 Å². The summed E-state index contributed by atoms with van der Waals surface area (Å²) < 4.78 is 5.83. The Labute approximate surface area is 127 Å². The topological polar surface area (TPSA) is 99.5 Å². The lowest BCUT2D eigenvalue weighted by atomic mass is 10.2. The Balaban J connectivity index is 2.27. The van der Waals surface area contributed by atoms with E-state index < -0.39 is 0 Å². The maximum absolute atomic E-state index is 9.04. The fourth-order valence-electron chi connectivity index (χ4n) is 1.37. The molecule has 0 spiro atoms. The molecule has 0 unspecified atom stereocenters. The molecule has 7 nitrogen and oxygen atoms in total. The standard InChI is InChI=1S/C11H8BrClN6O/c1-20-10-2-7(12)9(3-8(10)13)15-5-6(4-14)11-16-18-19-17-11/h2-3,5,15H,1H3,(H,16,17,18,19). The highest BCUT2D eigenvalue weighted by atomic mass is 79.9. The molecule has 9 heteroatoms. The number of hydrogen-bond donors (Lipinski definition) is 2. The van der Waals surface area contributed by atoms with Gasteiger partial charge in [0.05, 0.1) is 17.8 Å². The summed E-state index contributed by atoms with van der Waals surface area (Å²) >= 11 is 9.42. The second kappa shape index (κ2) is 6.36. The van der Waals surface area contributed by atoms with Gasteiger partial charge < -0.3 is 10.1 Å². The van der Waals surface area contributed by atoms with Crippen LogP contribution in [0.4, 0.5) is 5.69 Å². The smallest absolute Gasteiger partial charge is 0.216 e. The first-order chi connectivity index (χ1) is 9.65. The number of nitrogens with zero attached hydrogens (tertiary/aromatic N) is 4. The van der Waals surface area contributed by atoms with Gasteiger partial charge in [0.2, 0.25) is 5.82 Å². The number of ether oxygens (including phenoxy) is 1. The number of halogens is 2. The lowest BCUT2D eigenvalue weighted by Gasteiger charge is -2.09. The summed E-state index contributed by atoms with van der Waals surface area (Å²) in [4.78, 5) is 0. The van der Waals surface area contributed by atoms with Crippen molar-refractivity contribution in [3.05, 3.63) is 33.7 Å². The third-order valence-corrected chi connectivity index (χ3v) is 3.27. The second-order valence-corrected chi connectivity index (χ2v) is 4.78. The van der Waals surface area contributed by atoms with Crippen LogP contribution in [0.1, 0.15) is 5.82 Å². The van der Waals surface area contributed by atoms with Gasteiger partial charge in [-0.2, -0.15) is 10.5 Å². The van der Waals surface area contributed by atoms with Gasteiger partial charge in [-0.1, -0.05) is 11.6 Å². The predicted molar refractivity (Wildman–Crippen MR) is 77.1 cm³/mol. The summed E-state index contributed by atoms with van der Waals surface area (Å²) in [5, 5.41) is 25.6. The molecule has 0 aliphatic heterocycles. The first-order valence-electron chi connectivity index (χ1n) is 5.29. The Hall–Kier alpha value is -2.11. The largest absolute Gasteiger partial charge is 0.495 e. The molecule has 0 aliphatic carbocycles. The van der Waals surface area contributed by atoms with Gasteiger partial charge >= 0.3 is 0 Å². The molecular formula is C11H8BrClN6O. The maximum Gasteiger partial charge on any atom is 0.216 e. The molecule has 2 N–H and O–H groups in total. The first-order valence-corrected chi connectivity index (χ1v) is 6.46. The van der Waals surface area contributed by atoms with Crippen LogP contribution >= 0.6 is 27.5 Å². The first kappa shape index (κ1) is 14.3. The Morgan fingerprint density at radius 1 is 1.60 bits per heavy atom. The summed E-state index contributed by atoms with van der Waals surface area (Å²) in [6, 6.07) is 5.37. The molecule has 1 heterocycles. The average Bonchev–Trinajstić information content (AvgIpc) is 2.96. The number of rotatable bonds is 4. The number of H-pyrrole nitrogens is 1. The summed E-state index contributed by atoms with van der Waals surface area (Å²) in [5.41, 5.74) is 0.907. The molecule has 2 rings (SSSR count). The Kier molecular flexibility index (Phi) is 4.55. The number of allylic oxidation sites excluding steroid dienone is 1. The Morgan fingerprint density at radius 2 is 2.40 bits per heavy atom. The maximum atomic E-state index is 9.04. The number of benzene rings is 1. The van der Waals surface area contributed by atoms with Crippen LogP contribution < -0.4 is 10.1 Å². The molecule has 2 aromatic rings. The minimum atomic E-state index is 0.204. The molecular weight excluding hydrogens is 348 g/mol. The van der Waals surface area contributed by atoms with Crippen molar-refractivity contribution in [3.63, 3.8) is 0 Å². The molecule has 0 aliphatic rings. The minimum Gasteiger partial charge on any atom is -0.495 e. The highest BCUT2D eigenvalue weighted by Gasteiger charge is 2.09. The van der Waals surface area contributed by atoms with E-state index in [-0.39, 0.29) is 11.4 Å². The van der Waals surface area contributed by atoms with Crippen LogP contribution in [0.3, 0.4) is 0 Å². The number of hydrogen-bond acceptors (Lipinski definition) is 6. The number of aromatic nitrogens is 4. The van der Waals surface area contributed by atoms with E-state index in [0.29, 0.717) is 16.5 Å². The van der Waals surface area contributed by atoms with Gasteiger partial charge in [0.1, 0.15) is 17.4 Å². The molecule has 0 bridgehead atoms. The van der Waals surface area contributed by atoms with Crippen LogP contribution in [0, 0.1) is 11.3 Å². The lowest BCUT2D eigenvalue weighted by molar-refractivity contribution is 0.415. The van der Waals surface area contributed by atoms with Crippen LogP contribution in [0.15, 0.2) is 22.8 Å². The quantitative estimate of drug-likeness (QED) is 0.818. The zero-order valence-corrected chi connectivity index (χ0v) is 12.5. The predicted octanol–water partition coefficient (Wildman–Crippen LogP) is 2.60. The Morgan fingerprint density at radius 3 is 3.00 bits per heavy atom. The molecule has 1 aromatic carbocycles. The zero-order valence-electron chi connectivity index (χ0n) is 10.2. The van der Waals surface area contributed by atoms with Crippen LogP contribution in [0.5, 0.6) is 5.75 Å². The average molecular weight is 356 g/mol. The number of nitriles is 1. The van der Waals surface area contributed by atoms with Gasteiger partial charge in [-0.05, 0) is 33.3 Å². The van der Waals surface area contributed by atoms with Gasteiger partial charge in [-0.15, -0.1) is 10.2 Å². The molecule has 0 amide bonds. The second-order valence-electron chi connectivity index (χ2n) is 3.52. The summed E-state index contributed by atoms with van der Waals surface area (Å²) in [7, 11) is 1.53. The van der Waals surface area contributed by atoms with E-state index in [1.54, 1.807) is 12.1 Å². The van der Waals surface area contributed by atoms with Crippen LogP contribution in [0.2, 0.25) is 5.02 Å². The van der Waals surface area contributed by atoms with E-state index in [2.05, 4.69) is 41.9 Å². The number of aromatic amines is 1. The monoisotopic (exact) mass is 354 g/mol. The van der Waals surface area contributed by atoms with Crippen molar-refractivity contribution in [2.24, 2.45) is 0 Å². The molecule has 20 heavy (non-hydrogen) atoms. The van der Waals surface area contributed by atoms with Gasteiger partial charge in [-0.3, -0.25) is 0 Å². The fraction of sp³-hybridized carbons (Fsp3) is 0.0909. The zero-order chi connectivity index (χ0) is 14.5. The highest BCUT2D eigenvalue weighted by Crippen LogP contribution is 2.34. The normalized spacial score (nSPS) is 11.0. The van der Waals surface area contributed by atoms with Gasteiger partial charge in [0, 0.05) is 10.7 Å². The van der Waals surface area contributed by atoms with E-state index in [1.165, 1.54) is 13.3 Å². The van der Waals surface area contributed by atoms with Crippen LogP contribution in [-0.4, -0.2) is 27.7 Å². The van der Waals surface area contributed by atoms with Gasteiger partial charge in [-0.25, -0.2) is 0 Å². The summed E-state index contributed by atoms with van der Waals surface area (Å²) in [6.45, 7) is 0. The van der Waals surface area contributed by atoms with E-state index in [1.807, 2.05) is 6.07 Å². The third-order valence-electron chi connectivity index (χ3n) is 2.32. The van der Waals surface area contributed by atoms with Crippen molar-refractivity contribution < 1.29 is 4.74 Å². The van der Waals surface area contributed by atoms with Crippen molar-refractivity contribution >= 4 is 38.8 Å². The molecule has 0 radical (unpaired) electrons. The highest BCUT2D eigenvalue weighted by molar-refractivity contribution is 9.10. The van der Waals surface area contributed by atoms with E-state index in [4.69, 9.17) is 21.6 Å². The molecule has 1 aromatic heterocycles. The fourth-order valence-corrected chi connectivity index (χ4v) is 2.05. The van der Waals surface area contributed by atoms with Crippen molar-refractivity contribution in [1.29, 1.82) is 5.26 Å². The van der Waals surface area contributed by atoms with Crippen molar-refractivity contribution in [1.82, 2.24) is 20.6 Å². The van der Waals surface area contributed by atoms with Crippen molar-refractivity contribution in [3.8, 4) is 11.8 Å². The lowest BCUT2D eigenvalue weighted by Crippen LogP contribution is -1.95. The molecule has 0 saturated carbocycles. The molecule has 0 fully saturated rings. The summed E-state index contributed by atoms with van der Waals surface area (Å²) in [6.07, 6.45) is 1.47. The van der Waals surface area contributed by atoms with Gasteiger partial charge in [0.25, 0.3) is 0 Å². The SMILES string of the molecule is COc1cc(Br)c(NC=C(C#N)c2nn[nH]n2)cc1Cl.